The van der Waals surface area contributed by atoms with Crippen LogP contribution in [0, 0.1) is 0 Å². The summed E-state index contributed by atoms with van der Waals surface area (Å²) in [6.07, 6.45) is 4.82. The normalized spacial score (nSPS) is 18.5. The molecule has 0 saturated carbocycles. The molecule has 2 aliphatic rings. The van der Waals surface area contributed by atoms with Crippen molar-refractivity contribution in [2.75, 3.05) is 44.2 Å². The predicted octanol–water partition coefficient (Wildman–Crippen LogP) is 2.03. The van der Waals surface area contributed by atoms with Crippen LogP contribution in [-0.4, -0.2) is 64.9 Å². The minimum Gasteiger partial charge on any atom is -0.353 e. The largest absolute Gasteiger partial charge is 0.353 e. The summed E-state index contributed by atoms with van der Waals surface area (Å²) in [5, 5.41) is 3.18. The number of carbonyl (C=O) groups excluding carboxylic acids is 1. The molecule has 0 atom stereocenters. The van der Waals surface area contributed by atoms with Crippen LogP contribution in [0.1, 0.15) is 23.5 Å². The molecule has 0 bridgehead atoms. The van der Waals surface area contributed by atoms with Gasteiger partial charge in [0, 0.05) is 37.8 Å². The molecule has 2 aromatic heterocycles. The highest BCUT2D eigenvalue weighted by molar-refractivity contribution is 7.09. The zero-order valence-electron chi connectivity index (χ0n) is 15.0. The Balaban J connectivity index is 1.27. The van der Waals surface area contributed by atoms with Gasteiger partial charge in [-0.1, -0.05) is 6.07 Å². The number of thiazole rings is 1. The number of hydrogen-bond donors (Lipinski definition) is 0. The summed E-state index contributed by atoms with van der Waals surface area (Å²) in [5.41, 5.74) is 0.918. The van der Waals surface area contributed by atoms with E-state index in [1.54, 1.807) is 11.3 Å². The molecule has 138 valence electrons. The van der Waals surface area contributed by atoms with Gasteiger partial charge in [-0.15, -0.1) is 11.3 Å². The Morgan fingerprint density at radius 1 is 1.08 bits per heavy atom. The smallest absolute Gasteiger partial charge is 0.228 e. The van der Waals surface area contributed by atoms with E-state index in [0.717, 1.165) is 49.2 Å². The lowest BCUT2D eigenvalue weighted by Gasteiger charge is -2.35. The lowest BCUT2D eigenvalue weighted by atomic mass is 10.2. The maximum Gasteiger partial charge on any atom is 0.228 e. The molecule has 2 saturated heterocycles. The maximum absolute atomic E-state index is 12.6. The molecule has 1 amide bonds. The van der Waals surface area contributed by atoms with E-state index in [1.807, 2.05) is 34.7 Å². The first kappa shape index (κ1) is 17.4. The average molecular weight is 372 g/mol. The van der Waals surface area contributed by atoms with E-state index >= 15 is 0 Å². The van der Waals surface area contributed by atoms with Crippen LogP contribution < -0.4 is 4.90 Å². The third kappa shape index (κ3) is 4.22. The number of piperazine rings is 1. The van der Waals surface area contributed by atoms with Gasteiger partial charge in [0.15, 0.2) is 0 Å². The van der Waals surface area contributed by atoms with Crippen molar-refractivity contribution in [1.29, 1.82) is 0 Å². The number of hydrogen-bond acceptors (Lipinski definition) is 6. The number of carbonyl (C=O) groups is 1. The van der Waals surface area contributed by atoms with Gasteiger partial charge in [0.05, 0.1) is 18.7 Å². The van der Waals surface area contributed by atoms with Crippen LogP contribution in [0.4, 0.5) is 5.82 Å². The molecule has 2 fully saturated rings. The second-order valence-electron chi connectivity index (χ2n) is 6.95. The molecule has 0 spiro atoms. The average Bonchev–Trinajstić information content (AvgIpc) is 3.35. The van der Waals surface area contributed by atoms with Crippen molar-refractivity contribution in [3.05, 3.63) is 40.5 Å². The number of amides is 1. The summed E-state index contributed by atoms with van der Waals surface area (Å²) in [4.78, 5) is 28.3. The highest BCUT2D eigenvalue weighted by atomic mass is 32.1. The number of rotatable bonds is 5. The van der Waals surface area contributed by atoms with Crippen LogP contribution in [0.25, 0.3) is 0 Å². The van der Waals surface area contributed by atoms with Gasteiger partial charge in [0.1, 0.15) is 10.8 Å². The highest BCUT2D eigenvalue weighted by Crippen LogP contribution is 2.18. The van der Waals surface area contributed by atoms with E-state index < -0.39 is 0 Å². The molecular weight excluding hydrogens is 346 g/mol. The third-order valence-corrected chi connectivity index (χ3v) is 5.98. The fourth-order valence-electron chi connectivity index (χ4n) is 3.63. The van der Waals surface area contributed by atoms with E-state index in [-0.39, 0.29) is 5.91 Å². The van der Waals surface area contributed by atoms with Crippen LogP contribution in [0.2, 0.25) is 0 Å². The molecule has 0 radical (unpaired) electrons. The monoisotopic (exact) mass is 371 g/mol. The van der Waals surface area contributed by atoms with Crippen LogP contribution in [-0.2, 0) is 17.8 Å². The summed E-state index contributed by atoms with van der Waals surface area (Å²) in [7, 11) is 0. The summed E-state index contributed by atoms with van der Waals surface area (Å²) >= 11 is 1.68. The Labute approximate surface area is 158 Å². The summed E-state index contributed by atoms with van der Waals surface area (Å²) in [6.45, 7) is 6.45. The Morgan fingerprint density at radius 2 is 1.88 bits per heavy atom. The third-order valence-electron chi connectivity index (χ3n) is 5.09. The van der Waals surface area contributed by atoms with Gasteiger partial charge in [-0.3, -0.25) is 9.69 Å². The molecule has 4 heterocycles. The van der Waals surface area contributed by atoms with Crippen molar-refractivity contribution >= 4 is 23.1 Å². The van der Waals surface area contributed by atoms with E-state index in [0.29, 0.717) is 6.42 Å². The molecular formula is C19H25N5OS. The number of pyridine rings is 1. The van der Waals surface area contributed by atoms with Gasteiger partial charge in [0.2, 0.25) is 5.91 Å². The standard InChI is InChI=1S/C19H25N5OS/c25-19(13-16-15-26-18(21-16)14-22-7-3-4-8-22)24-11-9-23(10-12-24)17-5-1-2-6-20-17/h1-2,5-6,15H,3-4,7-14H2. The van der Waals surface area contributed by atoms with Gasteiger partial charge in [-0.2, -0.15) is 0 Å². The first-order chi connectivity index (χ1) is 12.8. The summed E-state index contributed by atoms with van der Waals surface area (Å²) in [5.74, 6) is 1.18. The van der Waals surface area contributed by atoms with Crippen molar-refractivity contribution in [3.63, 3.8) is 0 Å². The maximum atomic E-state index is 12.6. The first-order valence-electron chi connectivity index (χ1n) is 9.37. The molecule has 6 nitrogen and oxygen atoms in total. The molecule has 0 unspecified atom stereocenters. The predicted molar refractivity (Wildman–Crippen MR) is 103 cm³/mol. The van der Waals surface area contributed by atoms with Gasteiger partial charge in [0.25, 0.3) is 0 Å². The lowest BCUT2D eigenvalue weighted by Crippen LogP contribution is -2.49. The van der Waals surface area contributed by atoms with Gasteiger partial charge < -0.3 is 9.80 Å². The first-order valence-corrected chi connectivity index (χ1v) is 10.3. The Morgan fingerprint density at radius 3 is 2.62 bits per heavy atom. The SMILES string of the molecule is O=C(Cc1csc(CN2CCCC2)n1)N1CCN(c2ccccn2)CC1. The summed E-state index contributed by atoms with van der Waals surface area (Å²) < 4.78 is 0. The lowest BCUT2D eigenvalue weighted by molar-refractivity contribution is -0.130. The number of likely N-dealkylation sites (tertiary alicyclic amines) is 1. The van der Waals surface area contributed by atoms with E-state index in [2.05, 4.69) is 19.8 Å². The van der Waals surface area contributed by atoms with E-state index in [4.69, 9.17) is 0 Å². The highest BCUT2D eigenvalue weighted by Gasteiger charge is 2.22. The number of nitrogens with zero attached hydrogens (tertiary/aromatic N) is 5. The van der Waals surface area contributed by atoms with Crippen molar-refractivity contribution < 1.29 is 4.79 Å². The zero-order chi connectivity index (χ0) is 17.8. The van der Waals surface area contributed by atoms with Crippen molar-refractivity contribution in [1.82, 2.24) is 19.8 Å². The topological polar surface area (TPSA) is 52.6 Å². The van der Waals surface area contributed by atoms with Gasteiger partial charge in [-0.05, 0) is 38.1 Å². The fourth-order valence-corrected chi connectivity index (χ4v) is 4.46. The van der Waals surface area contributed by atoms with Gasteiger partial charge in [-0.25, -0.2) is 9.97 Å². The minimum absolute atomic E-state index is 0.184. The minimum atomic E-state index is 0.184. The number of anilines is 1. The van der Waals surface area contributed by atoms with Crippen LogP contribution >= 0.6 is 11.3 Å². The molecule has 7 heteroatoms. The molecule has 0 aromatic carbocycles. The molecule has 2 aliphatic heterocycles. The van der Waals surface area contributed by atoms with Crippen LogP contribution in [0.15, 0.2) is 29.8 Å². The van der Waals surface area contributed by atoms with E-state index in [1.165, 1.54) is 25.9 Å². The zero-order valence-corrected chi connectivity index (χ0v) is 15.8. The Hall–Kier alpha value is -1.99. The second kappa shape index (κ2) is 8.14. The quantitative estimate of drug-likeness (QED) is 0.805. The Bertz CT molecular complexity index is 721. The molecule has 0 aliphatic carbocycles. The second-order valence-corrected chi connectivity index (χ2v) is 7.89. The van der Waals surface area contributed by atoms with Crippen molar-refractivity contribution in [2.45, 2.75) is 25.8 Å². The van der Waals surface area contributed by atoms with Crippen molar-refractivity contribution in [2.24, 2.45) is 0 Å². The van der Waals surface area contributed by atoms with Crippen LogP contribution in [0.5, 0.6) is 0 Å². The van der Waals surface area contributed by atoms with Gasteiger partial charge >= 0.3 is 0 Å². The summed E-state index contributed by atoms with van der Waals surface area (Å²) in [6, 6.07) is 5.95. The molecule has 2 aromatic rings. The fraction of sp³-hybridized carbons (Fsp3) is 0.526. The number of aromatic nitrogens is 2. The molecule has 4 rings (SSSR count). The molecule has 0 N–H and O–H groups in total. The van der Waals surface area contributed by atoms with E-state index in [9.17, 15) is 4.79 Å². The molecule has 26 heavy (non-hydrogen) atoms. The van der Waals surface area contributed by atoms with Crippen LogP contribution in [0.3, 0.4) is 0 Å². The Kier molecular flexibility index (Phi) is 5.45. The van der Waals surface area contributed by atoms with Crippen molar-refractivity contribution in [3.8, 4) is 0 Å².